The van der Waals surface area contributed by atoms with E-state index in [1.807, 2.05) is 93.6 Å². The molecule has 6 heteroatoms. The van der Waals surface area contributed by atoms with E-state index in [9.17, 15) is 9.59 Å². The van der Waals surface area contributed by atoms with E-state index in [4.69, 9.17) is 9.15 Å². The molecule has 1 aliphatic heterocycles. The highest BCUT2D eigenvalue weighted by atomic mass is 16.5. The van der Waals surface area contributed by atoms with Gasteiger partial charge in [-0.2, -0.15) is 0 Å². The van der Waals surface area contributed by atoms with E-state index in [-0.39, 0.29) is 17.1 Å². The maximum Gasteiger partial charge on any atom is 0.296 e. The zero-order chi connectivity index (χ0) is 26.4. The van der Waals surface area contributed by atoms with Crippen LogP contribution in [-0.2, 0) is 6.61 Å². The molecule has 0 saturated heterocycles. The van der Waals surface area contributed by atoms with Gasteiger partial charge in [0.15, 0.2) is 5.43 Å². The molecule has 38 heavy (non-hydrogen) atoms. The van der Waals surface area contributed by atoms with Crippen LogP contribution >= 0.6 is 0 Å². The Morgan fingerprint density at radius 2 is 1.63 bits per heavy atom. The largest absolute Gasteiger partial charge is 0.489 e. The zero-order valence-electron chi connectivity index (χ0n) is 21.4. The molecule has 0 fully saturated rings. The fraction of sp³-hybridized carbons (Fsp3) is 0.156. The van der Waals surface area contributed by atoms with Crippen molar-refractivity contribution in [2.75, 3.05) is 4.90 Å². The number of carbonyl (C=O) groups excluding carboxylic acids is 1. The van der Waals surface area contributed by atoms with Crippen molar-refractivity contribution in [3.63, 3.8) is 0 Å². The number of hydrogen-bond donors (Lipinski definition) is 0. The summed E-state index contributed by atoms with van der Waals surface area (Å²) < 4.78 is 12.1. The van der Waals surface area contributed by atoms with Gasteiger partial charge in [-0.3, -0.25) is 14.5 Å². The molecule has 0 radical (unpaired) electrons. The number of fused-ring (bicyclic) bond motifs is 2. The Morgan fingerprint density at radius 1 is 0.895 bits per heavy atom. The number of benzene rings is 3. The van der Waals surface area contributed by atoms with Gasteiger partial charge in [0.1, 0.15) is 23.8 Å². The minimum Gasteiger partial charge on any atom is -0.489 e. The highest BCUT2D eigenvalue weighted by molar-refractivity contribution is 6.10. The second kappa shape index (κ2) is 9.30. The van der Waals surface area contributed by atoms with Crippen molar-refractivity contribution < 1.29 is 13.9 Å². The lowest BCUT2D eigenvalue weighted by Crippen LogP contribution is -2.30. The van der Waals surface area contributed by atoms with E-state index in [2.05, 4.69) is 4.98 Å². The van der Waals surface area contributed by atoms with Gasteiger partial charge in [0.05, 0.1) is 17.0 Å². The Kier molecular flexibility index (Phi) is 5.80. The normalized spacial score (nSPS) is 14.7. The SMILES string of the molecule is Cc1ccc(N2C(=O)c3oc4cc(C)c(C)cc4c(=O)c3C2c2ccc(OCc3ccccc3)cc2)nc1. The number of anilines is 1. The zero-order valence-corrected chi connectivity index (χ0v) is 21.4. The molecular weight excluding hydrogens is 476 g/mol. The number of hydrogen-bond acceptors (Lipinski definition) is 5. The van der Waals surface area contributed by atoms with Crippen LogP contribution in [0.4, 0.5) is 5.82 Å². The number of pyridine rings is 1. The van der Waals surface area contributed by atoms with Crippen molar-refractivity contribution in [3.05, 3.63) is 134 Å². The Balaban J connectivity index is 1.46. The molecule has 3 heterocycles. The summed E-state index contributed by atoms with van der Waals surface area (Å²) in [6, 6.07) is 24.1. The van der Waals surface area contributed by atoms with Gasteiger partial charge in [0.25, 0.3) is 5.91 Å². The number of aromatic nitrogens is 1. The molecule has 1 aliphatic rings. The van der Waals surface area contributed by atoms with Gasteiger partial charge in [0, 0.05) is 6.20 Å². The monoisotopic (exact) mass is 502 g/mol. The van der Waals surface area contributed by atoms with E-state index in [0.717, 1.165) is 27.8 Å². The fourth-order valence-electron chi connectivity index (χ4n) is 4.87. The minimum atomic E-state index is -0.682. The molecule has 0 N–H and O–H groups in total. The third kappa shape index (κ3) is 4.04. The Bertz CT molecular complexity index is 1720. The summed E-state index contributed by atoms with van der Waals surface area (Å²) in [6.07, 6.45) is 1.71. The van der Waals surface area contributed by atoms with Crippen molar-refractivity contribution in [3.8, 4) is 5.75 Å². The first kappa shape index (κ1) is 23.7. The molecule has 0 spiro atoms. The van der Waals surface area contributed by atoms with Gasteiger partial charge in [-0.25, -0.2) is 4.98 Å². The number of amides is 1. The molecule has 0 saturated carbocycles. The van der Waals surface area contributed by atoms with Gasteiger partial charge >= 0.3 is 0 Å². The van der Waals surface area contributed by atoms with Crippen molar-refractivity contribution in [2.24, 2.45) is 0 Å². The molecule has 0 aliphatic carbocycles. The number of rotatable bonds is 5. The van der Waals surface area contributed by atoms with E-state index in [1.165, 1.54) is 0 Å². The average Bonchev–Trinajstić information content (AvgIpc) is 3.22. The molecule has 1 atom stereocenters. The summed E-state index contributed by atoms with van der Waals surface area (Å²) in [7, 11) is 0. The second-order valence-electron chi connectivity index (χ2n) is 9.72. The summed E-state index contributed by atoms with van der Waals surface area (Å²) >= 11 is 0. The average molecular weight is 503 g/mol. The molecule has 0 bridgehead atoms. The van der Waals surface area contributed by atoms with E-state index in [1.54, 1.807) is 17.2 Å². The van der Waals surface area contributed by atoms with Crippen LogP contribution in [0.5, 0.6) is 5.75 Å². The molecule has 3 aromatic carbocycles. The second-order valence-corrected chi connectivity index (χ2v) is 9.72. The van der Waals surface area contributed by atoms with Gasteiger partial charge in [-0.15, -0.1) is 0 Å². The van der Waals surface area contributed by atoms with Crippen molar-refractivity contribution in [1.82, 2.24) is 4.98 Å². The number of nitrogens with zero attached hydrogens (tertiary/aromatic N) is 2. The molecule has 1 amide bonds. The van der Waals surface area contributed by atoms with Crippen molar-refractivity contribution >= 4 is 22.7 Å². The molecule has 6 nitrogen and oxygen atoms in total. The molecule has 188 valence electrons. The highest BCUT2D eigenvalue weighted by Gasteiger charge is 2.44. The summed E-state index contributed by atoms with van der Waals surface area (Å²) in [4.78, 5) is 33.7. The van der Waals surface area contributed by atoms with Crippen LogP contribution in [0.2, 0.25) is 0 Å². The third-order valence-electron chi connectivity index (χ3n) is 7.07. The summed E-state index contributed by atoms with van der Waals surface area (Å²) in [5.74, 6) is 0.821. The molecule has 5 aromatic rings. The van der Waals surface area contributed by atoms with Gasteiger partial charge in [-0.05, 0) is 78.9 Å². The van der Waals surface area contributed by atoms with Crippen LogP contribution in [0.15, 0.2) is 94.3 Å². The lowest BCUT2D eigenvalue weighted by Gasteiger charge is -2.24. The molecular formula is C32H26N2O4. The first-order valence-electron chi connectivity index (χ1n) is 12.5. The first-order valence-corrected chi connectivity index (χ1v) is 12.5. The predicted octanol–water partition coefficient (Wildman–Crippen LogP) is 6.44. The maximum atomic E-state index is 13.9. The smallest absolute Gasteiger partial charge is 0.296 e. The molecule has 2 aromatic heterocycles. The number of aryl methyl sites for hydroxylation is 3. The predicted molar refractivity (Wildman–Crippen MR) is 147 cm³/mol. The summed E-state index contributed by atoms with van der Waals surface area (Å²) in [6.45, 7) is 6.29. The van der Waals surface area contributed by atoms with Gasteiger partial charge in [-0.1, -0.05) is 48.5 Å². The summed E-state index contributed by atoms with van der Waals surface area (Å²) in [5, 5.41) is 0.464. The topological polar surface area (TPSA) is 72.6 Å². The third-order valence-corrected chi connectivity index (χ3v) is 7.07. The highest BCUT2D eigenvalue weighted by Crippen LogP contribution is 2.41. The van der Waals surface area contributed by atoms with Crippen LogP contribution in [0.1, 0.15) is 50.0 Å². The lowest BCUT2D eigenvalue weighted by atomic mass is 9.97. The number of carbonyl (C=O) groups is 1. The van der Waals surface area contributed by atoms with Gasteiger partial charge < -0.3 is 9.15 Å². The van der Waals surface area contributed by atoms with Gasteiger partial charge in [0.2, 0.25) is 5.76 Å². The van der Waals surface area contributed by atoms with Crippen LogP contribution in [0.25, 0.3) is 11.0 Å². The molecule has 1 unspecified atom stereocenters. The van der Waals surface area contributed by atoms with Crippen LogP contribution in [0, 0.1) is 20.8 Å². The fourth-order valence-corrected chi connectivity index (χ4v) is 4.87. The Hall–Kier alpha value is -4.71. The lowest BCUT2D eigenvalue weighted by molar-refractivity contribution is 0.0970. The van der Waals surface area contributed by atoms with Crippen LogP contribution in [-0.4, -0.2) is 10.9 Å². The Labute approximate surface area is 220 Å². The Morgan fingerprint density at radius 3 is 2.34 bits per heavy atom. The summed E-state index contributed by atoms with van der Waals surface area (Å²) in [5.41, 5.74) is 5.31. The minimum absolute atomic E-state index is 0.0579. The maximum absolute atomic E-state index is 13.9. The number of ether oxygens (including phenoxy) is 1. The van der Waals surface area contributed by atoms with Crippen molar-refractivity contribution in [1.29, 1.82) is 0 Å². The van der Waals surface area contributed by atoms with E-state index in [0.29, 0.717) is 34.7 Å². The van der Waals surface area contributed by atoms with Crippen LogP contribution < -0.4 is 15.1 Å². The quantitative estimate of drug-likeness (QED) is 0.276. The standard InChI is InChI=1S/C32H26N2O4/c1-19-9-14-27(33-17-19)34-29(23-10-12-24(13-11-23)37-18-22-7-5-4-6-8-22)28-30(35)25-15-20(2)21(3)16-26(25)38-31(28)32(34)36/h4-17,29H,18H2,1-3H3. The van der Waals surface area contributed by atoms with E-state index < -0.39 is 6.04 Å². The van der Waals surface area contributed by atoms with E-state index >= 15 is 0 Å². The molecule has 6 rings (SSSR count). The van der Waals surface area contributed by atoms with Crippen molar-refractivity contribution in [2.45, 2.75) is 33.4 Å². The first-order chi connectivity index (χ1) is 18.4. The van der Waals surface area contributed by atoms with Crippen LogP contribution in [0.3, 0.4) is 0 Å².